The molecule has 1 fully saturated rings. The van der Waals surface area contributed by atoms with E-state index in [1.54, 1.807) is 20.8 Å². The average Bonchev–Trinajstić information content (AvgIpc) is 2.66. The standard InChI is InChI=1S/C21H25F2N3O3/c1-20(2,3)29-19(27)26-10-9-21(22,23)16(13-26)17-11-25-18(12-24-17)28-14-15-7-5-4-6-8-15/h4-8,11-12,16H,9-10,13-14H2,1-3H3/t16-/m0/s1. The van der Waals surface area contributed by atoms with Crippen molar-refractivity contribution in [2.45, 2.75) is 51.2 Å². The van der Waals surface area contributed by atoms with Crippen molar-refractivity contribution in [3.63, 3.8) is 0 Å². The van der Waals surface area contributed by atoms with E-state index in [9.17, 15) is 13.6 Å². The van der Waals surface area contributed by atoms with Crippen molar-refractivity contribution >= 4 is 6.09 Å². The second-order valence-electron chi connectivity index (χ2n) is 8.04. The number of carbonyl (C=O) groups excluding carboxylic acids is 1. The lowest BCUT2D eigenvalue weighted by molar-refractivity contribution is -0.0782. The highest BCUT2D eigenvalue weighted by Gasteiger charge is 2.47. The summed E-state index contributed by atoms with van der Waals surface area (Å²) in [5.74, 6) is -3.99. The summed E-state index contributed by atoms with van der Waals surface area (Å²) < 4.78 is 39.9. The van der Waals surface area contributed by atoms with Crippen molar-refractivity contribution in [2.75, 3.05) is 13.1 Å². The van der Waals surface area contributed by atoms with Crippen LogP contribution in [0.25, 0.3) is 0 Å². The van der Waals surface area contributed by atoms with Crippen LogP contribution < -0.4 is 4.74 Å². The predicted molar refractivity (Wildman–Crippen MR) is 103 cm³/mol. The third kappa shape index (κ3) is 5.62. The van der Waals surface area contributed by atoms with Crippen molar-refractivity contribution in [2.24, 2.45) is 0 Å². The number of ether oxygens (including phenoxy) is 2. The lowest BCUT2D eigenvalue weighted by Gasteiger charge is -2.38. The Morgan fingerprint density at radius 1 is 1.21 bits per heavy atom. The van der Waals surface area contributed by atoms with Gasteiger partial charge in [-0.05, 0) is 26.3 Å². The third-order valence-corrected chi connectivity index (χ3v) is 4.51. The summed E-state index contributed by atoms with van der Waals surface area (Å²) in [6.07, 6.45) is 1.57. The van der Waals surface area contributed by atoms with Gasteiger partial charge in [-0.15, -0.1) is 0 Å². The van der Waals surface area contributed by atoms with E-state index in [-0.39, 0.29) is 24.7 Å². The zero-order valence-electron chi connectivity index (χ0n) is 16.8. The largest absolute Gasteiger partial charge is 0.472 e. The first-order valence-corrected chi connectivity index (χ1v) is 9.48. The van der Waals surface area contributed by atoms with Gasteiger partial charge < -0.3 is 14.4 Å². The molecule has 1 aromatic carbocycles. The molecule has 1 atom stereocenters. The van der Waals surface area contributed by atoms with E-state index < -0.39 is 30.0 Å². The number of likely N-dealkylation sites (tertiary alicyclic amines) is 1. The van der Waals surface area contributed by atoms with Gasteiger partial charge in [-0.25, -0.2) is 18.6 Å². The van der Waals surface area contributed by atoms with Crippen LogP contribution in [-0.2, 0) is 11.3 Å². The van der Waals surface area contributed by atoms with Crippen LogP contribution in [0.4, 0.5) is 13.6 Å². The fourth-order valence-corrected chi connectivity index (χ4v) is 3.02. The predicted octanol–water partition coefficient (Wildman–Crippen LogP) is 4.42. The van der Waals surface area contributed by atoms with Crippen LogP contribution in [0.5, 0.6) is 5.88 Å². The number of nitrogens with zero attached hydrogens (tertiary/aromatic N) is 3. The van der Waals surface area contributed by atoms with Crippen LogP contribution in [0.2, 0.25) is 0 Å². The quantitative estimate of drug-likeness (QED) is 0.754. The molecule has 1 saturated heterocycles. The van der Waals surface area contributed by atoms with Gasteiger partial charge in [0.25, 0.3) is 5.92 Å². The average molecular weight is 405 g/mol. The van der Waals surface area contributed by atoms with Crippen LogP contribution >= 0.6 is 0 Å². The molecule has 6 nitrogen and oxygen atoms in total. The molecule has 0 radical (unpaired) electrons. The number of piperidine rings is 1. The van der Waals surface area contributed by atoms with Crippen LogP contribution in [0, 0.1) is 0 Å². The molecule has 29 heavy (non-hydrogen) atoms. The number of amides is 1. The van der Waals surface area contributed by atoms with E-state index in [2.05, 4.69) is 9.97 Å². The van der Waals surface area contributed by atoms with Gasteiger partial charge in [0.2, 0.25) is 5.88 Å². The van der Waals surface area contributed by atoms with Gasteiger partial charge in [-0.2, -0.15) is 0 Å². The second kappa shape index (κ2) is 8.31. The molecule has 0 aliphatic carbocycles. The number of alkyl halides is 2. The Kier molecular flexibility index (Phi) is 6.00. The Morgan fingerprint density at radius 2 is 1.93 bits per heavy atom. The van der Waals surface area contributed by atoms with Gasteiger partial charge in [-0.3, -0.25) is 4.98 Å². The molecular formula is C21H25F2N3O3. The summed E-state index contributed by atoms with van der Waals surface area (Å²) in [6, 6.07) is 9.53. The van der Waals surface area contributed by atoms with Crippen molar-refractivity contribution < 1.29 is 23.0 Å². The second-order valence-corrected chi connectivity index (χ2v) is 8.04. The Hall–Kier alpha value is -2.77. The molecule has 2 aromatic rings. The zero-order chi connectivity index (χ0) is 21.1. The van der Waals surface area contributed by atoms with Gasteiger partial charge >= 0.3 is 6.09 Å². The minimum absolute atomic E-state index is 0.0654. The molecule has 1 aromatic heterocycles. The number of halogens is 2. The maximum Gasteiger partial charge on any atom is 0.410 e. The minimum Gasteiger partial charge on any atom is -0.472 e. The molecule has 3 rings (SSSR count). The van der Waals surface area contributed by atoms with Crippen LogP contribution in [-0.4, -0.2) is 45.6 Å². The zero-order valence-corrected chi connectivity index (χ0v) is 16.8. The fraction of sp³-hybridized carbons (Fsp3) is 0.476. The first-order chi connectivity index (χ1) is 13.6. The van der Waals surface area contributed by atoms with E-state index in [0.717, 1.165) is 5.56 Å². The highest BCUT2D eigenvalue weighted by Crippen LogP contribution is 2.39. The molecule has 0 spiro atoms. The lowest BCUT2D eigenvalue weighted by Crippen LogP contribution is -2.49. The van der Waals surface area contributed by atoms with E-state index in [4.69, 9.17) is 9.47 Å². The highest BCUT2D eigenvalue weighted by atomic mass is 19.3. The fourth-order valence-electron chi connectivity index (χ4n) is 3.02. The SMILES string of the molecule is CC(C)(C)OC(=O)N1CCC(F)(F)[C@H](c2cnc(OCc3ccccc3)cn2)C1. The number of carbonyl (C=O) groups is 1. The van der Waals surface area contributed by atoms with E-state index in [1.807, 2.05) is 30.3 Å². The normalized spacial score (nSPS) is 18.9. The first-order valence-electron chi connectivity index (χ1n) is 9.48. The molecule has 1 amide bonds. The Morgan fingerprint density at radius 3 is 2.55 bits per heavy atom. The number of benzene rings is 1. The summed E-state index contributed by atoms with van der Waals surface area (Å²) >= 11 is 0. The van der Waals surface area contributed by atoms with Crippen LogP contribution in [0.15, 0.2) is 42.7 Å². The third-order valence-electron chi connectivity index (χ3n) is 4.51. The lowest BCUT2D eigenvalue weighted by atomic mass is 9.91. The van der Waals surface area contributed by atoms with Crippen molar-refractivity contribution in [1.82, 2.24) is 14.9 Å². The number of hydrogen-bond donors (Lipinski definition) is 0. The minimum atomic E-state index is -2.99. The van der Waals surface area contributed by atoms with E-state index >= 15 is 0 Å². The van der Waals surface area contributed by atoms with Crippen molar-refractivity contribution in [3.8, 4) is 5.88 Å². The molecule has 0 bridgehead atoms. The molecule has 1 aliphatic rings. The van der Waals surface area contributed by atoms with Gasteiger partial charge in [0.15, 0.2) is 0 Å². The van der Waals surface area contributed by atoms with Crippen LogP contribution in [0.3, 0.4) is 0 Å². The summed E-state index contributed by atoms with van der Waals surface area (Å²) in [7, 11) is 0. The number of aromatic nitrogens is 2. The van der Waals surface area contributed by atoms with Crippen molar-refractivity contribution in [1.29, 1.82) is 0 Å². The van der Waals surface area contributed by atoms with Gasteiger partial charge in [0.05, 0.1) is 24.0 Å². The maximum absolute atomic E-state index is 14.5. The Balaban J connectivity index is 1.67. The van der Waals surface area contributed by atoms with E-state index in [1.165, 1.54) is 17.3 Å². The topological polar surface area (TPSA) is 64.5 Å². The summed E-state index contributed by atoms with van der Waals surface area (Å²) in [5.41, 5.74) is 0.393. The van der Waals surface area contributed by atoms with Gasteiger partial charge in [-0.1, -0.05) is 30.3 Å². The summed E-state index contributed by atoms with van der Waals surface area (Å²) in [4.78, 5) is 21.8. The maximum atomic E-state index is 14.5. The molecule has 1 aliphatic heterocycles. The number of rotatable bonds is 4. The monoisotopic (exact) mass is 405 g/mol. The Bertz CT molecular complexity index is 823. The highest BCUT2D eigenvalue weighted by molar-refractivity contribution is 5.68. The molecule has 0 unspecified atom stereocenters. The molecular weight excluding hydrogens is 380 g/mol. The molecule has 2 heterocycles. The molecule has 0 N–H and O–H groups in total. The Labute approximate surface area is 168 Å². The smallest absolute Gasteiger partial charge is 0.410 e. The molecule has 156 valence electrons. The molecule has 0 saturated carbocycles. The first kappa shape index (κ1) is 21.0. The van der Waals surface area contributed by atoms with E-state index in [0.29, 0.717) is 6.61 Å². The van der Waals surface area contributed by atoms with Gasteiger partial charge in [0.1, 0.15) is 12.2 Å². The number of hydrogen-bond acceptors (Lipinski definition) is 5. The van der Waals surface area contributed by atoms with Crippen LogP contribution in [0.1, 0.15) is 44.4 Å². The molecule has 8 heteroatoms. The summed E-state index contributed by atoms with van der Waals surface area (Å²) in [6.45, 7) is 5.27. The van der Waals surface area contributed by atoms with Gasteiger partial charge in [0, 0.05) is 19.5 Å². The summed E-state index contributed by atoms with van der Waals surface area (Å²) in [5, 5.41) is 0. The van der Waals surface area contributed by atoms with Crippen molar-refractivity contribution in [3.05, 3.63) is 54.0 Å².